The van der Waals surface area contributed by atoms with Gasteiger partial charge < -0.3 is 14.7 Å². The lowest BCUT2D eigenvalue weighted by Crippen LogP contribution is -1.95. The third kappa shape index (κ3) is 1.75. The Morgan fingerprint density at radius 3 is 3.06 bits per heavy atom. The van der Waals surface area contributed by atoms with Gasteiger partial charge >= 0.3 is 4.94 Å². The van der Waals surface area contributed by atoms with E-state index in [0.717, 1.165) is 21.6 Å². The second kappa shape index (κ2) is 3.79. The molecule has 0 bridgehead atoms. The van der Waals surface area contributed by atoms with Gasteiger partial charge in [-0.2, -0.15) is 4.98 Å². The van der Waals surface area contributed by atoms with E-state index in [1.54, 1.807) is 18.2 Å². The minimum absolute atomic E-state index is 0.203. The van der Waals surface area contributed by atoms with Crippen LogP contribution >= 0.6 is 11.3 Å². The van der Waals surface area contributed by atoms with Crippen molar-refractivity contribution in [2.75, 3.05) is 0 Å². The molecule has 2 heterocycles. The lowest BCUT2D eigenvalue weighted by Gasteiger charge is -1.92. The zero-order valence-electron chi connectivity index (χ0n) is 8.54. The monoisotopic (exact) mass is 249 g/mol. The summed E-state index contributed by atoms with van der Waals surface area (Å²) in [6.45, 7) is 0.203. The molecule has 6 nitrogen and oxygen atoms in total. The summed E-state index contributed by atoms with van der Waals surface area (Å²) in [5, 5.41) is 3.80. The summed E-state index contributed by atoms with van der Waals surface area (Å²) in [6.07, 6.45) is 0. The van der Waals surface area contributed by atoms with Gasteiger partial charge in [0.2, 0.25) is 11.7 Å². The highest BCUT2D eigenvalue weighted by atomic mass is 32.1. The Morgan fingerprint density at radius 1 is 1.41 bits per heavy atom. The number of hydrogen-bond acceptors (Lipinski definition) is 7. The molecule has 2 N–H and O–H groups in total. The molecule has 3 rings (SSSR count). The molecule has 0 aliphatic carbocycles. The van der Waals surface area contributed by atoms with Gasteiger partial charge in [0.15, 0.2) is 0 Å². The normalized spacial score (nSPS) is 11.1. The Kier molecular flexibility index (Phi) is 2.27. The predicted octanol–water partition coefficient (Wildman–Crippen LogP) is 1.36. The van der Waals surface area contributed by atoms with E-state index in [9.17, 15) is 4.79 Å². The van der Waals surface area contributed by atoms with Gasteiger partial charge in [0, 0.05) is 5.56 Å². The van der Waals surface area contributed by atoms with Crippen LogP contribution in [0.15, 0.2) is 31.9 Å². The first-order valence-corrected chi connectivity index (χ1v) is 5.64. The molecule has 0 unspecified atom stereocenters. The van der Waals surface area contributed by atoms with Crippen LogP contribution in [0.1, 0.15) is 5.89 Å². The van der Waals surface area contributed by atoms with Crippen molar-refractivity contribution in [3.8, 4) is 11.4 Å². The van der Waals surface area contributed by atoms with Crippen LogP contribution in [-0.4, -0.2) is 10.1 Å². The lowest BCUT2D eigenvalue weighted by atomic mass is 10.2. The minimum Gasteiger partial charge on any atom is -0.414 e. The van der Waals surface area contributed by atoms with Crippen LogP contribution in [0.5, 0.6) is 0 Å². The van der Waals surface area contributed by atoms with Crippen molar-refractivity contribution in [2.24, 2.45) is 5.73 Å². The highest BCUT2D eigenvalue weighted by Gasteiger charge is 2.09. The molecule has 0 saturated carbocycles. The summed E-state index contributed by atoms with van der Waals surface area (Å²) in [5.41, 5.74) is 6.71. The average molecular weight is 249 g/mol. The molecule has 0 aliphatic heterocycles. The van der Waals surface area contributed by atoms with Crippen LogP contribution in [0.4, 0.5) is 0 Å². The number of nitrogens with two attached hydrogens (primary N) is 1. The number of aromatic nitrogens is 2. The van der Waals surface area contributed by atoms with Crippen molar-refractivity contribution in [2.45, 2.75) is 6.54 Å². The standard InChI is InChI=1S/C10H7N3O3S/c11-4-8-12-9(13-16-8)5-1-2-6-7(3-5)17-10(14)15-6/h1-3H,4,11H2. The second-order valence-electron chi connectivity index (χ2n) is 3.33. The van der Waals surface area contributed by atoms with E-state index in [-0.39, 0.29) is 11.5 Å². The molecule has 0 atom stereocenters. The molecule has 17 heavy (non-hydrogen) atoms. The fourth-order valence-corrected chi connectivity index (χ4v) is 2.17. The molecule has 3 aromatic rings. The molecule has 7 heteroatoms. The maximum absolute atomic E-state index is 11.1. The van der Waals surface area contributed by atoms with Gasteiger partial charge in [0.1, 0.15) is 5.58 Å². The van der Waals surface area contributed by atoms with E-state index in [1.807, 2.05) is 0 Å². The summed E-state index contributed by atoms with van der Waals surface area (Å²) in [6, 6.07) is 5.26. The smallest absolute Gasteiger partial charge is 0.396 e. The van der Waals surface area contributed by atoms with Crippen LogP contribution in [0, 0.1) is 0 Å². The van der Waals surface area contributed by atoms with Gasteiger partial charge in [-0.05, 0) is 18.2 Å². The van der Waals surface area contributed by atoms with Crippen molar-refractivity contribution < 1.29 is 8.94 Å². The highest BCUT2D eigenvalue weighted by Crippen LogP contribution is 2.24. The molecule has 0 amide bonds. The topological polar surface area (TPSA) is 95.2 Å². The third-order valence-electron chi connectivity index (χ3n) is 2.23. The van der Waals surface area contributed by atoms with Crippen LogP contribution in [0.25, 0.3) is 21.7 Å². The molecule has 0 fully saturated rings. The van der Waals surface area contributed by atoms with E-state index in [4.69, 9.17) is 14.7 Å². The van der Waals surface area contributed by atoms with E-state index in [1.165, 1.54) is 0 Å². The Labute approximate surface area is 98.7 Å². The number of fused-ring (bicyclic) bond motifs is 1. The Bertz CT molecular complexity index is 728. The van der Waals surface area contributed by atoms with Crippen LogP contribution in [0.2, 0.25) is 0 Å². The number of benzene rings is 1. The van der Waals surface area contributed by atoms with Crippen LogP contribution < -0.4 is 10.7 Å². The first-order chi connectivity index (χ1) is 8.26. The molecular formula is C10H7N3O3S. The zero-order chi connectivity index (χ0) is 11.8. The lowest BCUT2D eigenvalue weighted by molar-refractivity contribution is 0.380. The van der Waals surface area contributed by atoms with Crippen molar-refractivity contribution in [1.82, 2.24) is 10.1 Å². The molecule has 1 aromatic carbocycles. The van der Waals surface area contributed by atoms with Crippen molar-refractivity contribution in [1.29, 1.82) is 0 Å². The molecule has 2 aromatic heterocycles. The quantitative estimate of drug-likeness (QED) is 0.736. The Hall–Kier alpha value is -1.99. The van der Waals surface area contributed by atoms with E-state index in [2.05, 4.69) is 10.1 Å². The van der Waals surface area contributed by atoms with Gasteiger partial charge in [0.05, 0.1) is 11.2 Å². The van der Waals surface area contributed by atoms with Crippen molar-refractivity contribution in [3.63, 3.8) is 0 Å². The van der Waals surface area contributed by atoms with Gasteiger partial charge in [-0.3, -0.25) is 0 Å². The first kappa shape index (κ1) is 10.2. The zero-order valence-corrected chi connectivity index (χ0v) is 9.36. The maximum atomic E-state index is 11.1. The van der Waals surface area contributed by atoms with Gasteiger partial charge in [-0.1, -0.05) is 16.5 Å². The summed E-state index contributed by atoms with van der Waals surface area (Å²) >= 11 is 1.04. The van der Waals surface area contributed by atoms with Crippen LogP contribution in [-0.2, 0) is 6.54 Å². The summed E-state index contributed by atoms with van der Waals surface area (Å²) in [5.74, 6) is 0.827. The Morgan fingerprint density at radius 2 is 2.29 bits per heavy atom. The number of rotatable bonds is 2. The number of hydrogen-bond donors (Lipinski definition) is 1. The maximum Gasteiger partial charge on any atom is 0.396 e. The second-order valence-corrected chi connectivity index (χ2v) is 4.31. The third-order valence-corrected chi connectivity index (χ3v) is 3.02. The van der Waals surface area contributed by atoms with E-state index in [0.29, 0.717) is 17.3 Å². The summed E-state index contributed by atoms with van der Waals surface area (Å²) < 4.78 is 10.6. The van der Waals surface area contributed by atoms with Crippen molar-refractivity contribution in [3.05, 3.63) is 33.8 Å². The largest absolute Gasteiger partial charge is 0.414 e. The average Bonchev–Trinajstić information content (AvgIpc) is 2.92. The molecule has 0 aliphatic rings. The molecule has 0 spiro atoms. The van der Waals surface area contributed by atoms with E-state index >= 15 is 0 Å². The Balaban J connectivity index is 2.13. The predicted molar refractivity (Wildman–Crippen MR) is 61.5 cm³/mol. The fourth-order valence-electron chi connectivity index (χ4n) is 1.47. The highest BCUT2D eigenvalue weighted by molar-refractivity contribution is 7.16. The SMILES string of the molecule is NCc1nc(-c2ccc3oc(=O)sc3c2)no1. The van der Waals surface area contributed by atoms with Gasteiger partial charge in [0.25, 0.3) is 0 Å². The minimum atomic E-state index is -0.326. The molecule has 86 valence electrons. The van der Waals surface area contributed by atoms with Gasteiger partial charge in [-0.25, -0.2) is 4.79 Å². The number of nitrogens with zero attached hydrogens (tertiary/aromatic N) is 2. The van der Waals surface area contributed by atoms with E-state index < -0.39 is 0 Å². The van der Waals surface area contributed by atoms with Crippen molar-refractivity contribution >= 4 is 21.6 Å². The molecule has 0 saturated heterocycles. The van der Waals surface area contributed by atoms with Gasteiger partial charge in [-0.15, -0.1) is 0 Å². The first-order valence-electron chi connectivity index (χ1n) is 4.83. The summed E-state index contributed by atoms with van der Waals surface area (Å²) in [4.78, 5) is 14.9. The molecular weight excluding hydrogens is 242 g/mol. The summed E-state index contributed by atoms with van der Waals surface area (Å²) in [7, 11) is 0. The fraction of sp³-hybridized carbons (Fsp3) is 0.100. The molecule has 0 radical (unpaired) electrons. The van der Waals surface area contributed by atoms with Crippen LogP contribution in [0.3, 0.4) is 0 Å².